The first-order valence-corrected chi connectivity index (χ1v) is 10.3. The van der Waals surface area contributed by atoms with Crippen molar-refractivity contribution in [2.75, 3.05) is 5.32 Å². The number of rotatable bonds is 5. The predicted octanol–water partition coefficient (Wildman–Crippen LogP) is 7.11. The minimum absolute atomic E-state index is 0.452. The van der Waals surface area contributed by atoms with Crippen LogP contribution in [0.2, 0.25) is 10.0 Å². The van der Waals surface area contributed by atoms with Crippen LogP contribution in [-0.4, -0.2) is 14.5 Å². The molecule has 6 heteroatoms. The molecule has 4 aromatic rings. The first-order valence-electron chi connectivity index (χ1n) is 9.56. The van der Waals surface area contributed by atoms with Gasteiger partial charge in [-0.15, -0.1) is 0 Å². The van der Waals surface area contributed by atoms with Gasteiger partial charge in [0.1, 0.15) is 5.82 Å². The van der Waals surface area contributed by atoms with Gasteiger partial charge in [-0.3, -0.25) is 4.98 Å². The number of hydrogen-bond donors (Lipinski definition) is 1. The number of aromatic nitrogens is 3. The molecule has 0 bridgehead atoms. The Morgan fingerprint density at radius 1 is 1.03 bits per heavy atom. The third-order valence-electron chi connectivity index (χ3n) is 4.68. The van der Waals surface area contributed by atoms with Gasteiger partial charge in [0.25, 0.3) is 0 Å². The van der Waals surface area contributed by atoms with Crippen molar-refractivity contribution in [1.82, 2.24) is 14.5 Å². The molecule has 0 unspecified atom stereocenters. The van der Waals surface area contributed by atoms with Crippen LogP contribution in [0.15, 0.2) is 54.7 Å². The Morgan fingerprint density at radius 2 is 1.86 bits per heavy atom. The van der Waals surface area contributed by atoms with E-state index in [1.807, 2.05) is 55.5 Å². The van der Waals surface area contributed by atoms with Crippen molar-refractivity contribution in [2.24, 2.45) is 5.92 Å². The molecule has 2 heterocycles. The van der Waals surface area contributed by atoms with Crippen molar-refractivity contribution >= 4 is 45.6 Å². The second kappa shape index (κ2) is 8.05. The van der Waals surface area contributed by atoms with Gasteiger partial charge >= 0.3 is 0 Å². The van der Waals surface area contributed by atoms with Gasteiger partial charge in [0.15, 0.2) is 0 Å². The van der Waals surface area contributed by atoms with Crippen LogP contribution >= 0.6 is 23.2 Å². The highest BCUT2D eigenvalue weighted by atomic mass is 35.5. The molecule has 0 radical (unpaired) electrons. The number of anilines is 2. The molecule has 0 spiro atoms. The van der Waals surface area contributed by atoms with Gasteiger partial charge in [-0.1, -0.05) is 43.1 Å². The van der Waals surface area contributed by atoms with Gasteiger partial charge in [0, 0.05) is 17.8 Å². The SMILES string of the molecule is Cc1ccc(Nc2ccc(-c3nc4cccc(Cl)c4n3CC(C)C)cc2Cl)cn1. The highest BCUT2D eigenvalue weighted by molar-refractivity contribution is 6.35. The zero-order valence-electron chi connectivity index (χ0n) is 16.6. The van der Waals surface area contributed by atoms with E-state index in [4.69, 9.17) is 28.2 Å². The summed E-state index contributed by atoms with van der Waals surface area (Å²) in [5.74, 6) is 1.32. The summed E-state index contributed by atoms with van der Waals surface area (Å²) in [5.41, 5.74) is 5.49. The zero-order valence-corrected chi connectivity index (χ0v) is 18.1. The summed E-state index contributed by atoms with van der Waals surface area (Å²) in [6, 6.07) is 15.7. The molecule has 1 N–H and O–H groups in total. The Hall–Kier alpha value is -2.56. The number of hydrogen-bond acceptors (Lipinski definition) is 3. The van der Waals surface area contributed by atoms with E-state index >= 15 is 0 Å². The molecule has 0 aliphatic heterocycles. The summed E-state index contributed by atoms with van der Waals surface area (Å²) in [5, 5.41) is 4.65. The normalized spacial score (nSPS) is 11.4. The largest absolute Gasteiger partial charge is 0.353 e. The molecule has 29 heavy (non-hydrogen) atoms. The first-order chi connectivity index (χ1) is 13.9. The topological polar surface area (TPSA) is 42.7 Å². The summed E-state index contributed by atoms with van der Waals surface area (Å²) in [6.45, 7) is 7.15. The molecule has 4 rings (SSSR count). The van der Waals surface area contributed by atoms with Gasteiger partial charge < -0.3 is 9.88 Å². The number of pyridine rings is 1. The van der Waals surface area contributed by atoms with Crippen LogP contribution in [0.3, 0.4) is 0 Å². The van der Waals surface area contributed by atoms with E-state index in [2.05, 4.69) is 28.7 Å². The second-order valence-electron chi connectivity index (χ2n) is 7.56. The van der Waals surface area contributed by atoms with Crippen molar-refractivity contribution < 1.29 is 0 Å². The highest BCUT2D eigenvalue weighted by Crippen LogP contribution is 2.34. The number of fused-ring (bicyclic) bond motifs is 1. The van der Waals surface area contributed by atoms with Gasteiger partial charge in [-0.05, 0) is 55.3 Å². The van der Waals surface area contributed by atoms with Gasteiger partial charge in [0.2, 0.25) is 0 Å². The van der Waals surface area contributed by atoms with E-state index in [9.17, 15) is 0 Å². The van der Waals surface area contributed by atoms with E-state index in [1.54, 1.807) is 6.20 Å². The standard InChI is InChI=1S/C23H22Cl2N4/c1-14(2)13-29-22-18(24)5-4-6-21(22)28-23(29)16-8-10-20(19(25)11-16)27-17-9-7-15(3)26-12-17/h4-12,14,27H,13H2,1-3H3. The van der Waals surface area contributed by atoms with E-state index < -0.39 is 0 Å². The number of halogens is 2. The number of para-hydroxylation sites is 1. The lowest BCUT2D eigenvalue weighted by Crippen LogP contribution is -2.06. The minimum Gasteiger partial charge on any atom is -0.353 e. The molecule has 0 saturated heterocycles. The molecule has 0 fully saturated rings. The quantitative estimate of drug-likeness (QED) is 0.370. The van der Waals surface area contributed by atoms with Crippen molar-refractivity contribution in [1.29, 1.82) is 0 Å². The molecule has 0 atom stereocenters. The summed E-state index contributed by atoms with van der Waals surface area (Å²) < 4.78 is 2.19. The molecule has 2 aromatic carbocycles. The fraction of sp³-hybridized carbons (Fsp3) is 0.217. The third kappa shape index (κ3) is 4.09. The maximum absolute atomic E-state index is 6.60. The molecular formula is C23H22Cl2N4. The van der Waals surface area contributed by atoms with Crippen LogP contribution in [-0.2, 0) is 6.54 Å². The molecule has 0 saturated carbocycles. The maximum Gasteiger partial charge on any atom is 0.141 e. The minimum atomic E-state index is 0.452. The molecular weight excluding hydrogens is 403 g/mol. The zero-order chi connectivity index (χ0) is 20.5. The van der Waals surface area contributed by atoms with Crippen molar-refractivity contribution in [3.8, 4) is 11.4 Å². The molecule has 4 nitrogen and oxygen atoms in total. The monoisotopic (exact) mass is 424 g/mol. The lowest BCUT2D eigenvalue weighted by molar-refractivity contribution is 0.536. The van der Waals surface area contributed by atoms with Crippen molar-refractivity contribution in [2.45, 2.75) is 27.3 Å². The number of nitrogens with one attached hydrogen (secondary N) is 1. The fourth-order valence-electron chi connectivity index (χ4n) is 3.36. The number of imidazole rings is 1. The first kappa shape index (κ1) is 19.7. The van der Waals surface area contributed by atoms with E-state index in [-0.39, 0.29) is 0 Å². The molecule has 0 aliphatic rings. The number of aryl methyl sites for hydroxylation is 1. The average Bonchev–Trinajstić information content (AvgIpc) is 3.04. The van der Waals surface area contributed by atoms with Crippen LogP contribution in [0.4, 0.5) is 11.4 Å². The van der Waals surface area contributed by atoms with Crippen LogP contribution < -0.4 is 5.32 Å². The fourth-order valence-corrected chi connectivity index (χ4v) is 3.86. The summed E-state index contributed by atoms with van der Waals surface area (Å²) in [7, 11) is 0. The van der Waals surface area contributed by atoms with Crippen LogP contribution in [0.25, 0.3) is 22.4 Å². The Balaban J connectivity index is 1.75. The lowest BCUT2D eigenvalue weighted by Gasteiger charge is -2.14. The van der Waals surface area contributed by atoms with Gasteiger partial charge in [-0.2, -0.15) is 0 Å². The summed E-state index contributed by atoms with van der Waals surface area (Å²) in [4.78, 5) is 9.16. The Bertz CT molecular complexity index is 1160. The number of nitrogens with zero attached hydrogens (tertiary/aromatic N) is 3. The lowest BCUT2D eigenvalue weighted by atomic mass is 10.1. The van der Waals surface area contributed by atoms with Crippen molar-refractivity contribution in [3.05, 3.63) is 70.5 Å². The van der Waals surface area contributed by atoms with E-state index in [0.29, 0.717) is 16.0 Å². The predicted molar refractivity (Wildman–Crippen MR) is 122 cm³/mol. The average molecular weight is 425 g/mol. The third-order valence-corrected chi connectivity index (χ3v) is 5.30. The second-order valence-corrected chi connectivity index (χ2v) is 8.37. The summed E-state index contributed by atoms with van der Waals surface area (Å²) >= 11 is 13.1. The molecule has 0 aliphatic carbocycles. The smallest absolute Gasteiger partial charge is 0.141 e. The van der Waals surface area contributed by atoms with E-state index in [1.165, 1.54) is 0 Å². The Kier molecular flexibility index (Phi) is 5.48. The highest BCUT2D eigenvalue weighted by Gasteiger charge is 2.17. The summed E-state index contributed by atoms with van der Waals surface area (Å²) in [6.07, 6.45) is 1.80. The van der Waals surface area contributed by atoms with Crippen LogP contribution in [0.5, 0.6) is 0 Å². The molecule has 2 aromatic heterocycles. The van der Waals surface area contributed by atoms with E-state index in [0.717, 1.165) is 46.0 Å². The van der Waals surface area contributed by atoms with Crippen LogP contribution in [0.1, 0.15) is 19.5 Å². The molecule has 148 valence electrons. The Morgan fingerprint density at radius 3 is 2.55 bits per heavy atom. The molecule has 0 amide bonds. The maximum atomic E-state index is 6.60. The number of benzene rings is 2. The Labute approximate surface area is 180 Å². The van der Waals surface area contributed by atoms with Gasteiger partial charge in [-0.25, -0.2) is 4.98 Å². The van der Waals surface area contributed by atoms with Crippen molar-refractivity contribution in [3.63, 3.8) is 0 Å². The van der Waals surface area contributed by atoms with Gasteiger partial charge in [0.05, 0.1) is 38.7 Å². The van der Waals surface area contributed by atoms with Crippen LogP contribution in [0, 0.1) is 12.8 Å².